The van der Waals surface area contributed by atoms with E-state index in [1.165, 1.54) is 27.8 Å². The monoisotopic (exact) mass is 306 g/mol. The predicted octanol–water partition coefficient (Wildman–Crippen LogP) is 4.17. The van der Waals surface area contributed by atoms with Gasteiger partial charge in [-0.3, -0.25) is 0 Å². The normalized spacial score (nSPS) is 11.4. The summed E-state index contributed by atoms with van der Waals surface area (Å²) in [4.78, 5) is 9.11. The van der Waals surface area contributed by atoms with Gasteiger partial charge in [0.2, 0.25) is 11.3 Å². The molecule has 0 saturated carbocycles. The van der Waals surface area contributed by atoms with Crippen LogP contribution < -0.4 is 4.57 Å². The van der Waals surface area contributed by atoms with Crippen LogP contribution in [0.3, 0.4) is 0 Å². The molecule has 0 aliphatic carbocycles. The molecular formula is C20H24N3+. The van der Waals surface area contributed by atoms with Gasteiger partial charge in [-0.25, -0.2) is 9.97 Å². The zero-order valence-corrected chi connectivity index (χ0v) is 14.8. The lowest BCUT2D eigenvalue weighted by molar-refractivity contribution is -0.634. The van der Waals surface area contributed by atoms with Crippen LogP contribution in [-0.2, 0) is 7.05 Å². The van der Waals surface area contributed by atoms with Gasteiger partial charge in [-0.2, -0.15) is 4.57 Å². The summed E-state index contributed by atoms with van der Waals surface area (Å²) in [6.45, 7) is 10.9. The molecule has 0 saturated heterocycles. The zero-order chi connectivity index (χ0) is 16.7. The number of rotatable bonds is 2. The van der Waals surface area contributed by atoms with Crippen LogP contribution in [0.5, 0.6) is 0 Å². The predicted molar refractivity (Wildman–Crippen MR) is 94.5 cm³/mol. The molecular weight excluding hydrogens is 282 g/mol. The van der Waals surface area contributed by atoms with Crippen molar-refractivity contribution in [1.82, 2.24) is 9.97 Å². The van der Waals surface area contributed by atoms with Crippen LogP contribution in [0.15, 0.2) is 30.6 Å². The van der Waals surface area contributed by atoms with E-state index in [0.29, 0.717) is 5.92 Å². The number of benzene rings is 1. The van der Waals surface area contributed by atoms with Gasteiger partial charge in [0.25, 0.3) is 5.52 Å². The molecule has 0 bridgehead atoms. The van der Waals surface area contributed by atoms with Gasteiger partial charge in [0, 0.05) is 12.3 Å². The topological polar surface area (TPSA) is 29.7 Å². The van der Waals surface area contributed by atoms with Crippen molar-refractivity contribution < 1.29 is 4.57 Å². The largest absolute Gasteiger partial charge is 0.251 e. The minimum absolute atomic E-state index is 0.457. The number of fused-ring (bicyclic) bond motifs is 1. The number of hydrogen-bond donors (Lipinski definition) is 0. The summed E-state index contributed by atoms with van der Waals surface area (Å²) >= 11 is 0. The molecule has 0 aliphatic rings. The minimum Gasteiger partial charge on any atom is -0.231 e. The Labute approximate surface area is 138 Å². The maximum Gasteiger partial charge on any atom is 0.251 e. The molecule has 1 aromatic carbocycles. The summed E-state index contributed by atoms with van der Waals surface area (Å²) in [7, 11) is 2.10. The number of aryl methyl sites for hydroxylation is 3. The van der Waals surface area contributed by atoms with Gasteiger partial charge in [0.1, 0.15) is 13.2 Å². The van der Waals surface area contributed by atoms with Crippen molar-refractivity contribution in [3.63, 3.8) is 0 Å². The summed E-state index contributed by atoms with van der Waals surface area (Å²) < 4.78 is 2.21. The van der Waals surface area contributed by atoms with Crippen molar-refractivity contribution in [3.05, 3.63) is 52.8 Å². The average Bonchev–Trinajstić information content (AvgIpc) is 2.51. The highest BCUT2D eigenvalue weighted by Gasteiger charge is 2.19. The fraction of sp³-hybridized carbons (Fsp3) is 0.350. The van der Waals surface area contributed by atoms with Gasteiger partial charge in [0.05, 0.1) is 5.56 Å². The fourth-order valence-corrected chi connectivity index (χ4v) is 3.02. The molecule has 0 unspecified atom stereocenters. The lowest BCUT2D eigenvalue weighted by Crippen LogP contribution is -2.33. The second kappa shape index (κ2) is 5.73. The minimum atomic E-state index is 0.457. The summed E-state index contributed by atoms with van der Waals surface area (Å²) in [5.74, 6) is 0.457. The molecule has 3 nitrogen and oxygen atoms in total. The number of nitrogens with zero attached hydrogens (tertiary/aromatic N) is 3. The molecule has 0 amide bonds. The quantitative estimate of drug-likeness (QED) is 0.665. The Morgan fingerprint density at radius 2 is 1.65 bits per heavy atom. The summed E-state index contributed by atoms with van der Waals surface area (Å²) in [5.41, 5.74) is 9.38. The molecule has 3 aromatic rings. The third-order valence-electron chi connectivity index (χ3n) is 4.65. The molecule has 2 aromatic heterocycles. The van der Waals surface area contributed by atoms with Crippen LogP contribution >= 0.6 is 0 Å². The van der Waals surface area contributed by atoms with Crippen LogP contribution in [0, 0.1) is 20.8 Å². The van der Waals surface area contributed by atoms with E-state index in [4.69, 9.17) is 0 Å². The molecule has 0 atom stereocenters. The van der Waals surface area contributed by atoms with Crippen LogP contribution in [0.2, 0.25) is 0 Å². The van der Waals surface area contributed by atoms with Gasteiger partial charge in [-0.15, -0.1) is 0 Å². The Balaban J connectivity index is 2.29. The second-order valence-corrected chi connectivity index (χ2v) is 6.72. The van der Waals surface area contributed by atoms with E-state index in [2.05, 4.69) is 74.4 Å². The Morgan fingerprint density at radius 3 is 2.35 bits per heavy atom. The molecule has 23 heavy (non-hydrogen) atoms. The molecule has 0 radical (unpaired) electrons. The SMILES string of the molecule is Cc1cc(C)c(C)c(-c2cnc3ncc(C(C)C)cc3[n+]2C)c1. The maximum atomic E-state index is 4.59. The van der Waals surface area contributed by atoms with Crippen LogP contribution in [-0.4, -0.2) is 9.97 Å². The van der Waals surface area contributed by atoms with E-state index < -0.39 is 0 Å². The van der Waals surface area contributed by atoms with Gasteiger partial charge >= 0.3 is 0 Å². The second-order valence-electron chi connectivity index (χ2n) is 6.72. The lowest BCUT2D eigenvalue weighted by atomic mass is 9.98. The smallest absolute Gasteiger partial charge is 0.231 e. The van der Waals surface area contributed by atoms with E-state index in [9.17, 15) is 0 Å². The maximum absolute atomic E-state index is 4.59. The summed E-state index contributed by atoms with van der Waals surface area (Å²) in [6.07, 6.45) is 3.87. The van der Waals surface area contributed by atoms with E-state index >= 15 is 0 Å². The van der Waals surface area contributed by atoms with Crippen molar-refractivity contribution in [1.29, 1.82) is 0 Å². The van der Waals surface area contributed by atoms with Crippen LogP contribution in [0.1, 0.15) is 42.0 Å². The Morgan fingerprint density at radius 1 is 0.957 bits per heavy atom. The summed E-state index contributed by atoms with van der Waals surface area (Å²) in [5, 5.41) is 0. The van der Waals surface area contributed by atoms with E-state index in [1.807, 2.05) is 12.4 Å². The van der Waals surface area contributed by atoms with Gasteiger partial charge in [-0.05, 0) is 49.4 Å². The zero-order valence-electron chi connectivity index (χ0n) is 14.8. The highest BCUT2D eigenvalue weighted by atomic mass is 15.0. The molecule has 3 heteroatoms. The highest BCUT2D eigenvalue weighted by Crippen LogP contribution is 2.25. The number of hydrogen-bond acceptors (Lipinski definition) is 2. The van der Waals surface area contributed by atoms with Crippen LogP contribution in [0.25, 0.3) is 22.4 Å². The standard InChI is InChI=1S/C20H24N3/c1-12(2)16-9-18-20(21-10-16)22-11-19(23(18)6)17-8-13(3)7-14(4)15(17)5/h7-12H,1-6H3/q+1. The van der Waals surface area contributed by atoms with Crippen molar-refractivity contribution in [2.24, 2.45) is 7.05 Å². The number of pyridine rings is 1. The number of aromatic nitrogens is 3. The molecule has 3 rings (SSSR count). The summed E-state index contributed by atoms with van der Waals surface area (Å²) in [6, 6.07) is 6.68. The molecule has 2 heterocycles. The van der Waals surface area contributed by atoms with Crippen molar-refractivity contribution in [3.8, 4) is 11.3 Å². The van der Waals surface area contributed by atoms with E-state index in [-0.39, 0.29) is 0 Å². The highest BCUT2D eigenvalue weighted by molar-refractivity contribution is 5.70. The Kier molecular flexibility index (Phi) is 3.88. The van der Waals surface area contributed by atoms with Crippen LogP contribution in [0.4, 0.5) is 0 Å². The molecule has 0 spiro atoms. The van der Waals surface area contributed by atoms with Gasteiger partial charge < -0.3 is 0 Å². The first kappa shape index (κ1) is 15.6. The van der Waals surface area contributed by atoms with E-state index in [1.54, 1.807) is 0 Å². The first-order valence-corrected chi connectivity index (χ1v) is 8.11. The third kappa shape index (κ3) is 2.72. The molecule has 0 aliphatic heterocycles. The molecule has 118 valence electrons. The first-order valence-electron chi connectivity index (χ1n) is 8.11. The van der Waals surface area contributed by atoms with Crippen molar-refractivity contribution in [2.75, 3.05) is 0 Å². The molecule has 0 N–H and O–H groups in total. The van der Waals surface area contributed by atoms with Gasteiger partial charge in [-0.1, -0.05) is 25.5 Å². The van der Waals surface area contributed by atoms with Gasteiger partial charge in [0.15, 0.2) is 0 Å². The molecule has 0 fully saturated rings. The van der Waals surface area contributed by atoms with Crippen molar-refractivity contribution in [2.45, 2.75) is 40.5 Å². The van der Waals surface area contributed by atoms with E-state index in [0.717, 1.165) is 16.9 Å². The lowest BCUT2D eigenvalue weighted by Gasteiger charge is -2.10. The Bertz CT molecular complexity index is 895. The fourth-order valence-electron chi connectivity index (χ4n) is 3.02. The third-order valence-corrected chi connectivity index (χ3v) is 4.65. The Hall–Kier alpha value is -2.29. The first-order chi connectivity index (χ1) is 10.9. The van der Waals surface area contributed by atoms with Crippen molar-refractivity contribution >= 4 is 11.2 Å². The average molecular weight is 306 g/mol.